The topological polar surface area (TPSA) is 20.3 Å². The van der Waals surface area contributed by atoms with Crippen LogP contribution < -0.4 is 0 Å². The van der Waals surface area contributed by atoms with Crippen molar-refractivity contribution in [2.75, 3.05) is 6.54 Å². The Hall–Kier alpha value is -1.31. The second-order valence-corrected chi connectivity index (χ2v) is 3.84. The van der Waals surface area contributed by atoms with Crippen LogP contribution in [0.2, 0.25) is 0 Å². The maximum atomic E-state index is 11.3. The lowest BCUT2D eigenvalue weighted by Crippen LogP contribution is -2.37. The van der Waals surface area contributed by atoms with Crippen molar-refractivity contribution in [3.63, 3.8) is 0 Å². The molecule has 14 heavy (non-hydrogen) atoms. The van der Waals surface area contributed by atoms with Crippen LogP contribution in [0.25, 0.3) is 0 Å². The number of amides is 1. The van der Waals surface area contributed by atoms with E-state index in [2.05, 4.69) is 25.1 Å². The first-order valence-electron chi connectivity index (χ1n) is 5.05. The number of rotatable bonds is 0. The highest BCUT2D eigenvalue weighted by atomic mass is 16.2. The summed E-state index contributed by atoms with van der Waals surface area (Å²) in [5.74, 6) is 0.173. The highest BCUT2D eigenvalue weighted by molar-refractivity contribution is 5.74. The quantitative estimate of drug-likeness (QED) is 0.612. The Morgan fingerprint density at radius 2 is 2.14 bits per heavy atom. The molecule has 0 unspecified atom stereocenters. The average Bonchev–Trinajstić information content (AvgIpc) is 2.18. The number of hydrogen-bond acceptors (Lipinski definition) is 1. The van der Waals surface area contributed by atoms with Crippen LogP contribution in [0.15, 0.2) is 24.3 Å². The molecule has 1 aliphatic rings. The molecule has 0 radical (unpaired) electrons. The molecule has 2 heteroatoms. The maximum Gasteiger partial charge on any atom is 0.219 e. The smallest absolute Gasteiger partial charge is 0.219 e. The first-order chi connectivity index (χ1) is 6.70. The first kappa shape index (κ1) is 9.25. The highest BCUT2D eigenvalue weighted by Crippen LogP contribution is 2.28. The van der Waals surface area contributed by atoms with E-state index in [0.29, 0.717) is 0 Å². The van der Waals surface area contributed by atoms with Gasteiger partial charge in [-0.05, 0) is 24.5 Å². The summed E-state index contributed by atoms with van der Waals surface area (Å²) < 4.78 is 0. The third kappa shape index (κ3) is 1.41. The van der Waals surface area contributed by atoms with Crippen molar-refractivity contribution >= 4 is 5.91 Å². The Kier molecular flexibility index (Phi) is 2.28. The van der Waals surface area contributed by atoms with Crippen molar-refractivity contribution in [1.82, 2.24) is 4.90 Å². The predicted molar refractivity (Wildman–Crippen MR) is 55.9 cm³/mol. The molecule has 1 aliphatic heterocycles. The molecule has 0 aliphatic carbocycles. The van der Waals surface area contributed by atoms with E-state index in [1.54, 1.807) is 6.92 Å². The van der Waals surface area contributed by atoms with Crippen LogP contribution in [-0.2, 0) is 11.2 Å². The van der Waals surface area contributed by atoms with Gasteiger partial charge in [-0.15, -0.1) is 0 Å². The van der Waals surface area contributed by atoms with Crippen molar-refractivity contribution in [1.29, 1.82) is 0 Å². The zero-order valence-corrected chi connectivity index (χ0v) is 8.66. The predicted octanol–water partition coefficient (Wildman–Crippen LogP) is 2.15. The van der Waals surface area contributed by atoms with E-state index >= 15 is 0 Å². The number of benzene rings is 1. The van der Waals surface area contributed by atoms with Gasteiger partial charge in [-0.1, -0.05) is 24.3 Å². The zero-order chi connectivity index (χ0) is 10.1. The Balaban J connectivity index is 2.36. The van der Waals surface area contributed by atoms with Crippen LogP contribution in [0, 0.1) is 0 Å². The number of carbonyl (C=O) groups is 1. The molecule has 0 spiro atoms. The summed E-state index contributed by atoms with van der Waals surface area (Å²) >= 11 is 0. The third-order valence-corrected chi connectivity index (χ3v) is 3.00. The van der Waals surface area contributed by atoms with Crippen LogP contribution >= 0.6 is 0 Å². The molecule has 0 bridgehead atoms. The maximum absolute atomic E-state index is 11.3. The van der Waals surface area contributed by atoms with Gasteiger partial charge in [-0.2, -0.15) is 0 Å². The molecule has 1 aromatic carbocycles. The minimum absolute atomic E-state index is 0.173. The fourth-order valence-corrected chi connectivity index (χ4v) is 2.20. The Bertz CT molecular complexity index is 359. The van der Waals surface area contributed by atoms with E-state index in [9.17, 15) is 4.79 Å². The van der Waals surface area contributed by atoms with Crippen LogP contribution in [0.4, 0.5) is 0 Å². The van der Waals surface area contributed by atoms with E-state index in [1.807, 2.05) is 11.0 Å². The van der Waals surface area contributed by atoms with Gasteiger partial charge in [-0.3, -0.25) is 4.79 Å². The summed E-state index contributed by atoms with van der Waals surface area (Å²) in [7, 11) is 0. The monoisotopic (exact) mass is 189 g/mol. The summed E-state index contributed by atoms with van der Waals surface area (Å²) in [5.41, 5.74) is 2.69. The lowest BCUT2D eigenvalue weighted by atomic mass is 9.94. The van der Waals surface area contributed by atoms with Crippen LogP contribution in [0.1, 0.15) is 31.0 Å². The molecular weight excluding hydrogens is 174 g/mol. The normalized spacial score (nSPS) is 20.4. The fraction of sp³-hybridized carbons (Fsp3) is 0.417. The summed E-state index contributed by atoms with van der Waals surface area (Å²) in [6.45, 7) is 4.59. The largest absolute Gasteiger partial charge is 0.336 e. The second-order valence-electron chi connectivity index (χ2n) is 3.84. The summed E-state index contributed by atoms with van der Waals surface area (Å²) in [6.07, 6.45) is 0.986. The number of hydrogen-bond donors (Lipinski definition) is 0. The minimum atomic E-state index is 0.173. The van der Waals surface area contributed by atoms with Crippen LogP contribution in [-0.4, -0.2) is 17.4 Å². The summed E-state index contributed by atoms with van der Waals surface area (Å²) in [4.78, 5) is 13.3. The highest BCUT2D eigenvalue weighted by Gasteiger charge is 2.24. The number of carbonyl (C=O) groups excluding carboxylic acids is 1. The van der Waals surface area contributed by atoms with Crippen molar-refractivity contribution in [3.05, 3.63) is 35.4 Å². The lowest BCUT2D eigenvalue weighted by molar-refractivity contribution is -0.131. The van der Waals surface area contributed by atoms with Crippen LogP contribution in [0.3, 0.4) is 0 Å². The SMILES string of the molecule is CC(=O)N1CCc2ccccc2[C@@H]1C. The Morgan fingerprint density at radius 3 is 2.86 bits per heavy atom. The van der Waals surface area contributed by atoms with Gasteiger partial charge in [0.1, 0.15) is 0 Å². The molecule has 2 nitrogen and oxygen atoms in total. The second kappa shape index (κ2) is 3.45. The molecule has 1 atom stereocenters. The zero-order valence-electron chi connectivity index (χ0n) is 8.66. The molecule has 0 N–H and O–H groups in total. The van der Waals surface area contributed by atoms with Crippen molar-refractivity contribution in [3.8, 4) is 0 Å². The van der Waals surface area contributed by atoms with Crippen molar-refractivity contribution in [2.45, 2.75) is 26.3 Å². The van der Waals surface area contributed by atoms with E-state index < -0.39 is 0 Å². The van der Waals surface area contributed by atoms with Gasteiger partial charge >= 0.3 is 0 Å². The van der Waals surface area contributed by atoms with Gasteiger partial charge in [-0.25, -0.2) is 0 Å². The van der Waals surface area contributed by atoms with Gasteiger partial charge in [0.25, 0.3) is 0 Å². The minimum Gasteiger partial charge on any atom is -0.336 e. The molecule has 0 saturated heterocycles. The molecule has 0 fully saturated rings. The van der Waals surface area contributed by atoms with Crippen molar-refractivity contribution < 1.29 is 4.79 Å². The van der Waals surface area contributed by atoms with Crippen molar-refractivity contribution in [2.24, 2.45) is 0 Å². The molecule has 0 aromatic heterocycles. The molecule has 1 aromatic rings. The number of fused-ring (bicyclic) bond motifs is 1. The molecule has 0 saturated carbocycles. The third-order valence-electron chi connectivity index (χ3n) is 3.00. The first-order valence-corrected chi connectivity index (χ1v) is 5.05. The van der Waals surface area contributed by atoms with E-state index in [1.165, 1.54) is 11.1 Å². The van der Waals surface area contributed by atoms with Gasteiger partial charge in [0.15, 0.2) is 0 Å². The average molecular weight is 189 g/mol. The van der Waals surface area contributed by atoms with Gasteiger partial charge in [0, 0.05) is 13.5 Å². The number of nitrogens with zero attached hydrogens (tertiary/aromatic N) is 1. The Morgan fingerprint density at radius 1 is 1.43 bits per heavy atom. The lowest BCUT2D eigenvalue weighted by Gasteiger charge is -2.34. The van der Waals surface area contributed by atoms with E-state index in [4.69, 9.17) is 0 Å². The molecular formula is C12H15NO. The molecule has 1 heterocycles. The van der Waals surface area contributed by atoms with E-state index in [0.717, 1.165) is 13.0 Å². The fourth-order valence-electron chi connectivity index (χ4n) is 2.20. The van der Waals surface area contributed by atoms with Gasteiger partial charge in [0.05, 0.1) is 6.04 Å². The Labute approximate surface area is 84.5 Å². The molecule has 1 amide bonds. The molecule has 2 rings (SSSR count). The van der Waals surface area contributed by atoms with Gasteiger partial charge in [0.2, 0.25) is 5.91 Å². The van der Waals surface area contributed by atoms with Crippen LogP contribution in [0.5, 0.6) is 0 Å². The summed E-state index contributed by atoms with van der Waals surface area (Å²) in [6, 6.07) is 8.62. The van der Waals surface area contributed by atoms with E-state index in [-0.39, 0.29) is 11.9 Å². The standard InChI is InChI=1S/C12H15NO/c1-9-12-6-4-3-5-11(12)7-8-13(9)10(2)14/h3-6,9H,7-8H2,1-2H3/t9-/m0/s1. The molecule has 74 valence electrons. The van der Waals surface area contributed by atoms with Gasteiger partial charge < -0.3 is 4.90 Å². The summed E-state index contributed by atoms with van der Waals surface area (Å²) in [5, 5.41) is 0.